The van der Waals surface area contributed by atoms with Crippen molar-refractivity contribution in [3.8, 4) is 0 Å². The van der Waals surface area contributed by atoms with E-state index in [0.29, 0.717) is 0 Å². The van der Waals surface area contributed by atoms with Gasteiger partial charge in [-0.25, -0.2) is 0 Å². The molecule has 2 heteroatoms. The molecular formula is C12H12BrN. The van der Waals surface area contributed by atoms with Crippen molar-refractivity contribution in [2.75, 3.05) is 0 Å². The molecule has 72 valence electrons. The van der Waals surface area contributed by atoms with Crippen molar-refractivity contribution in [2.45, 2.75) is 13.0 Å². The SMILES string of the molecule is C=CCCn1ccc2ccc(Br)cc21. The first kappa shape index (κ1) is 9.53. The molecule has 0 spiro atoms. The summed E-state index contributed by atoms with van der Waals surface area (Å²) in [5, 5.41) is 1.29. The number of rotatable bonds is 3. The van der Waals surface area contributed by atoms with Crippen LogP contribution in [0.1, 0.15) is 6.42 Å². The van der Waals surface area contributed by atoms with Gasteiger partial charge in [0.2, 0.25) is 0 Å². The Labute approximate surface area is 92.2 Å². The van der Waals surface area contributed by atoms with E-state index in [-0.39, 0.29) is 0 Å². The van der Waals surface area contributed by atoms with E-state index in [9.17, 15) is 0 Å². The van der Waals surface area contributed by atoms with E-state index in [1.165, 1.54) is 10.9 Å². The van der Waals surface area contributed by atoms with E-state index in [1.807, 2.05) is 6.08 Å². The van der Waals surface area contributed by atoms with Gasteiger partial charge in [-0.15, -0.1) is 6.58 Å². The maximum Gasteiger partial charge on any atom is 0.0491 e. The number of hydrogen-bond donors (Lipinski definition) is 0. The lowest BCUT2D eigenvalue weighted by molar-refractivity contribution is 0.739. The third kappa shape index (κ3) is 1.75. The number of halogens is 1. The lowest BCUT2D eigenvalue weighted by Gasteiger charge is -2.02. The molecule has 0 saturated heterocycles. The second-order valence-corrected chi connectivity index (χ2v) is 4.21. The van der Waals surface area contributed by atoms with Crippen LogP contribution in [0.4, 0.5) is 0 Å². The molecule has 1 aromatic carbocycles. The predicted molar refractivity (Wildman–Crippen MR) is 64.5 cm³/mol. The predicted octanol–water partition coefficient (Wildman–Crippen LogP) is 3.98. The third-order valence-electron chi connectivity index (χ3n) is 2.31. The molecule has 1 heterocycles. The molecule has 0 aliphatic rings. The van der Waals surface area contributed by atoms with Gasteiger partial charge >= 0.3 is 0 Å². The second-order valence-electron chi connectivity index (χ2n) is 3.29. The maximum absolute atomic E-state index is 3.74. The highest BCUT2D eigenvalue weighted by molar-refractivity contribution is 9.10. The molecule has 2 aromatic rings. The van der Waals surface area contributed by atoms with Crippen LogP contribution in [0.2, 0.25) is 0 Å². The van der Waals surface area contributed by atoms with Gasteiger partial charge < -0.3 is 4.57 Å². The Balaban J connectivity index is 2.44. The summed E-state index contributed by atoms with van der Waals surface area (Å²) in [6.45, 7) is 4.74. The molecule has 0 fully saturated rings. The van der Waals surface area contributed by atoms with Crippen molar-refractivity contribution in [3.05, 3.63) is 47.6 Å². The molecular weight excluding hydrogens is 238 g/mol. The van der Waals surface area contributed by atoms with Crippen LogP contribution in [0.5, 0.6) is 0 Å². The molecule has 0 aliphatic carbocycles. The molecule has 1 aromatic heterocycles. The second kappa shape index (κ2) is 4.01. The number of aryl methyl sites for hydroxylation is 1. The number of allylic oxidation sites excluding steroid dienone is 1. The van der Waals surface area contributed by atoms with Gasteiger partial charge in [0.25, 0.3) is 0 Å². The summed E-state index contributed by atoms with van der Waals surface area (Å²) in [5.41, 5.74) is 1.28. The van der Waals surface area contributed by atoms with Crippen LogP contribution >= 0.6 is 15.9 Å². The topological polar surface area (TPSA) is 4.93 Å². The fraction of sp³-hybridized carbons (Fsp3) is 0.167. The van der Waals surface area contributed by atoms with Gasteiger partial charge in [0.1, 0.15) is 0 Å². The van der Waals surface area contributed by atoms with Gasteiger partial charge in [-0.05, 0) is 30.0 Å². The Hall–Kier alpha value is -1.02. The summed E-state index contributed by atoms with van der Waals surface area (Å²) in [5.74, 6) is 0. The van der Waals surface area contributed by atoms with E-state index in [4.69, 9.17) is 0 Å². The van der Waals surface area contributed by atoms with E-state index >= 15 is 0 Å². The monoisotopic (exact) mass is 249 g/mol. The summed E-state index contributed by atoms with van der Waals surface area (Å²) in [4.78, 5) is 0. The Bertz CT molecular complexity index is 456. The molecule has 0 aliphatic heterocycles. The normalized spacial score (nSPS) is 10.6. The standard InChI is InChI=1S/C12H12BrN/c1-2-3-7-14-8-6-10-4-5-11(13)9-12(10)14/h2,4-6,8-9H,1,3,7H2. The molecule has 0 radical (unpaired) electrons. The van der Waals surface area contributed by atoms with Crippen LogP contribution < -0.4 is 0 Å². The first-order valence-electron chi connectivity index (χ1n) is 4.66. The van der Waals surface area contributed by atoms with Crippen LogP contribution in [0, 0.1) is 0 Å². The zero-order valence-corrected chi connectivity index (χ0v) is 9.50. The van der Waals surface area contributed by atoms with Crippen LogP contribution in [0.25, 0.3) is 10.9 Å². The zero-order chi connectivity index (χ0) is 9.97. The summed E-state index contributed by atoms with van der Waals surface area (Å²) in [6, 6.07) is 8.49. The van der Waals surface area contributed by atoms with Gasteiger partial charge in [0.15, 0.2) is 0 Å². The van der Waals surface area contributed by atoms with Gasteiger partial charge in [-0.2, -0.15) is 0 Å². The van der Waals surface area contributed by atoms with Crippen molar-refractivity contribution in [1.82, 2.24) is 4.57 Å². The zero-order valence-electron chi connectivity index (χ0n) is 7.91. The maximum atomic E-state index is 3.74. The average molecular weight is 250 g/mol. The number of benzene rings is 1. The number of nitrogens with zero attached hydrogens (tertiary/aromatic N) is 1. The molecule has 0 saturated carbocycles. The lowest BCUT2D eigenvalue weighted by Crippen LogP contribution is -1.93. The largest absolute Gasteiger partial charge is 0.347 e. The van der Waals surface area contributed by atoms with Crippen molar-refractivity contribution in [1.29, 1.82) is 0 Å². The summed E-state index contributed by atoms with van der Waals surface area (Å²) < 4.78 is 3.38. The van der Waals surface area contributed by atoms with Crippen LogP contribution in [-0.2, 0) is 6.54 Å². The fourth-order valence-electron chi connectivity index (χ4n) is 1.58. The van der Waals surface area contributed by atoms with Gasteiger partial charge in [-0.3, -0.25) is 0 Å². The molecule has 14 heavy (non-hydrogen) atoms. The molecule has 0 amide bonds. The number of fused-ring (bicyclic) bond motifs is 1. The smallest absolute Gasteiger partial charge is 0.0491 e. The minimum atomic E-state index is 1.00. The minimum Gasteiger partial charge on any atom is -0.347 e. The molecule has 0 bridgehead atoms. The van der Waals surface area contributed by atoms with Crippen molar-refractivity contribution in [3.63, 3.8) is 0 Å². The fourth-order valence-corrected chi connectivity index (χ4v) is 1.93. The van der Waals surface area contributed by atoms with Crippen molar-refractivity contribution < 1.29 is 0 Å². The quantitative estimate of drug-likeness (QED) is 0.726. The van der Waals surface area contributed by atoms with Crippen LogP contribution in [0.3, 0.4) is 0 Å². The van der Waals surface area contributed by atoms with Crippen molar-refractivity contribution in [2.24, 2.45) is 0 Å². The molecule has 0 N–H and O–H groups in total. The molecule has 0 unspecified atom stereocenters. The van der Waals surface area contributed by atoms with E-state index in [1.54, 1.807) is 0 Å². The first-order chi connectivity index (χ1) is 6.81. The first-order valence-corrected chi connectivity index (χ1v) is 5.46. The third-order valence-corrected chi connectivity index (χ3v) is 2.80. The van der Waals surface area contributed by atoms with Gasteiger partial charge in [-0.1, -0.05) is 28.1 Å². The minimum absolute atomic E-state index is 1.00. The summed E-state index contributed by atoms with van der Waals surface area (Å²) >= 11 is 3.49. The van der Waals surface area contributed by atoms with E-state index in [0.717, 1.165) is 17.4 Å². The Morgan fingerprint density at radius 3 is 3.00 bits per heavy atom. The molecule has 2 rings (SSSR count). The van der Waals surface area contributed by atoms with E-state index < -0.39 is 0 Å². The number of aromatic nitrogens is 1. The van der Waals surface area contributed by atoms with Crippen LogP contribution in [-0.4, -0.2) is 4.57 Å². The number of hydrogen-bond acceptors (Lipinski definition) is 0. The highest BCUT2D eigenvalue weighted by Gasteiger charge is 1.99. The average Bonchev–Trinajstić information content (AvgIpc) is 2.57. The van der Waals surface area contributed by atoms with Crippen molar-refractivity contribution >= 4 is 26.8 Å². The highest BCUT2D eigenvalue weighted by atomic mass is 79.9. The Kier molecular flexibility index (Phi) is 2.73. The van der Waals surface area contributed by atoms with Crippen LogP contribution in [0.15, 0.2) is 47.6 Å². The molecule has 0 atom stereocenters. The lowest BCUT2D eigenvalue weighted by atomic mass is 10.2. The highest BCUT2D eigenvalue weighted by Crippen LogP contribution is 2.21. The van der Waals surface area contributed by atoms with Gasteiger partial charge in [0.05, 0.1) is 0 Å². The summed E-state index contributed by atoms with van der Waals surface area (Å²) in [7, 11) is 0. The molecule has 1 nitrogen and oxygen atoms in total. The summed E-state index contributed by atoms with van der Waals surface area (Å²) in [6.07, 6.45) is 5.08. The Morgan fingerprint density at radius 1 is 1.36 bits per heavy atom. The van der Waals surface area contributed by atoms with E-state index in [2.05, 4.69) is 57.5 Å². The Morgan fingerprint density at radius 2 is 2.21 bits per heavy atom. The van der Waals surface area contributed by atoms with Gasteiger partial charge in [0, 0.05) is 22.7 Å².